The number of hydrogen-bond acceptors (Lipinski definition) is 3. The molecule has 0 aliphatic rings. The smallest absolute Gasteiger partial charge is 0.182 e. The number of hydrogen-bond donors (Lipinski definition) is 0. The lowest BCUT2D eigenvalue weighted by Gasteiger charge is -2.16. The van der Waals surface area contributed by atoms with Crippen LogP contribution in [-0.2, 0) is 15.6 Å². The van der Waals surface area contributed by atoms with E-state index in [4.69, 9.17) is 4.74 Å². The fourth-order valence-corrected chi connectivity index (χ4v) is 4.00. The van der Waals surface area contributed by atoms with Crippen LogP contribution < -0.4 is 4.74 Å². The molecule has 2 aromatic rings. The monoisotopic (exact) mass is 304 g/mol. The first-order valence-corrected chi connectivity index (χ1v) is 8.43. The minimum Gasteiger partial charge on any atom is -0.496 e. The third-order valence-electron chi connectivity index (χ3n) is 3.86. The highest BCUT2D eigenvalue weighted by Gasteiger charge is 2.19. The van der Waals surface area contributed by atoms with Gasteiger partial charge in [0.15, 0.2) is 9.84 Å². The Labute approximate surface area is 126 Å². The van der Waals surface area contributed by atoms with Gasteiger partial charge in [-0.15, -0.1) is 0 Å². The number of rotatable bonds is 4. The highest BCUT2D eigenvalue weighted by atomic mass is 32.2. The van der Waals surface area contributed by atoms with E-state index in [9.17, 15) is 8.42 Å². The van der Waals surface area contributed by atoms with Crippen molar-refractivity contribution in [2.75, 3.05) is 7.11 Å². The van der Waals surface area contributed by atoms with E-state index in [2.05, 4.69) is 0 Å². The van der Waals surface area contributed by atoms with Gasteiger partial charge in [0.05, 0.1) is 17.8 Å². The molecule has 0 spiro atoms. The summed E-state index contributed by atoms with van der Waals surface area (Å²) >= 11 is 0. The standard InChI is InChI=1S/C17H20O3S/c1-12-10-17(20-4)14(3)13(2)16(12)11-21(18,19)15-8-6-5-7-9-15/h5-10H,11H2,1-4H3. The molecule has 21 heavy (non-hydrogen) atoms. The summed E-state index contributed by atoms with van der Waals surface area (Å²) in [5.74, 6) is 0.810. The Kier molecular flexibility index (Phi) is 4.37. The number of aryl methyl sites for hydroxylation is 1. The van der Waals surface area contributed by atoms with Gasteiger partial charge in [-0.3, -0.25) is 0 Å². The van der Waals surface area contributed by atoms with Crippen LogP contribution in [-0.4, -0.2) is 15.5 Å². The van der Waals surface area contributed by atoms with Gasteiger partial charge in [-0.2, -0.15) is 0 Å². The van der Waals surface area contributed by atoms with Crippen LogP contribution in [0.4, 0.5) is 0 Å². The molecule has 0 aliphatic heterocycles. The summed E-state index contributed by atoms with van der Waals surface area (Å²) in [4.78, 5) is 0.359. The summed E-state index contributed by atoms with van der Waals surface area (Å²) in [6.45, 7) is 5.82. The quantitative estimate of drug-likeness (QED) is 0.867. The second-order valence-electron chi connectivity index (χ2n) is 5.20. The van der Waals surface area contributed by atoms with E-state index in [0.29, 0.717) is 4.90 Å². The van der Waals surface area contributed by atoms with Crippen molar-refractivity contribution in [3.63, 3.8) is 0 Å². The van der Waals surface area contributed by atoms with E-state index in [1.807, 2.05) is 32.9 Å². The molecule has 0 fully saturated rings. The third-order valence-corrected chi connectivity index (χ3v) is 5.52. The Morgan fingerprint density at radius 1 is 1.00 bits per heavy atom. The van der Waals surface area contributed by atoms with Crippen LogP contribution in [0.15, 0.2) is 41.3 Å². The van der Waals surface area contributed by atoms with Crippen molar-refractivity contribution in [3.8, 4) is 5.75 Å². The first kappa shape index (κ1) is 15.6. The molecule has 0 amide bonds. The van der Waals surface area contributed by atoms with Gasteiger partial charge in [-0.25, -0.2) is 8.42 Å². The predicted molar refractivity (Wildman–Crippen MR) is 84.5 cm³/mol. The molecule has 2 aromatic carbocycles. The molecule has 2 rings (SSSR count). The zero-order chi connectivity index (χ0) is 15.6. The minimum absolute atomic E-state index is 0.0134. The lowest BCUT2D eigenvalue weighted by Crippen LogP contribution is -2.09. The molecule has 0 aromatic heterocycles. The molecule has 0 saturated heterocycles. The van der Waals surface area contributed by atoms with E-state index >= 15 is 0 Å². The third kappa shape index (κ3) is 3.10. The van der Waals surface area contributed by atoms with E-state index in [1.165, 1.54) is 0 Å². The summed E-state index contributed by atoms with van der Waals surface area (Å²) in [5.41, 5.74) is 3.76. The van der Waals surface area contributed by atoms with Crippen molar-refractivity contribution in [2.24, 2.45) is 0 Å². The van der Waals surface area contributed by atoms with Crippen molar-refractivity contribution in [1.82, 2.24) is 0 Å². The van der Waals surface area contributed by atoms with E-state index in [0.717, 1.165) is 28.0 Å². The van der Waals surface area contributed by atoms with Crippen molar-refractivity contribution >= 4 is 9.84 Å². The average molecular weight is 304 g/mol. The van der Waals surface area contributed by atoms with Gasteiger partial charge in [0, 0.05) is 0 Å². The minimum atomic E-state index is -3.34. The molecule has 0 N–H and O–H groups in total. The molecule has 0 bridgehead atoms. The lowest BCUT2D eigenvalue weighted by molar-refractivity contribution is 0.410. The number of methoxy groups -OCH3 is 1. The van der Waals surface area contributed by atoms with Crippen molar-refractivity contribution in [3.05, 3.63) is 58.7 Å². The van der Waals surface area contributed by atoms with E-state index < -0.39 is 9.84 Å². The lowest BCUT2D eigenvalue weighted by atomic mass is 9.99. The topological polar surface area (TPSA) is 43.4 Å². The molecular formula is C17H20O3S. The van der Waals surface area contributed by atoms with Gasteiger partial charge in [-0.1, -0.05) is 18.2 Å². The van der Waals surface area contributed by atoms with Gasteiger partial charge >= 0.3 is 0 Å². The van der Waals surface area contributed by atoms with Crippen LogP contribution in [0.5, 0.6) is 5.75 Å². The van der Waals surface area contributed by atoms with Crippen LogP contribution in [0.1, 0.15) is 22.3 Å². The Morgan fingerprint density at radius 3 is 2.19 bits per heavy atom. The summed E-state index contributed by atoms with van der Waals surface area (Å²) in [7, 11) is -1.71. The molecule has 0 heterocycles. The molecular weight excluding hydrogens is 284 g/mol. The number of ether oxygens (including phenoxy) is 1. The molecule has 0 atom stereocenters. The summed E-state index contributed by atoms with van der Waals surface area (Å²) in [5, 5.41) is 0. The van der Waals surface area contributed by atoms with E-state index in [1.54, 1.807) is 31.4 Å². The van der Waals surface area contributed by atoms with Gasteiger partial charge in [-0.05, 0) is 61.2 Å². The van der Waals surface area contributed by atoms with E-state index in [-0.39, 0.29) is 5.75 Å². The van der Waals surface area contributed by atoms with Crippen molar-refractivity contribution in [2.45, 2.75) is 31.4 Å². The number of sulfone groups is 1. The fraction of sp³-hybridized carbons (Fsp3) is 0.294. The second-order valence-corrected chi connectivity index (χ2v) is 7.19. The first-order valence-electron chi connectivity index (χ1n) is 6.78. The second kappa shape index (κ2) is 5.90. The van der Waals surface area contributed by atoms with Gasteiger partial charge in [0.1, 0.15) is 5.75 Å². The van der Waals surface area contributed by atoms with Crippen molar-refractivity contribution < 1.29 is 13.2 Å². The Hall–Kier alpha value is -1.81. The fourth-order valence-electron chi connectivity index (χ4n) is 2.43. The van der Waals surface area contributed by atoms with Gasteiger partial charge in [0.2, 0.25) is 0 Å². The zero-order valence-electron chi connectivity index (χ0n) is 12.8. The highest BCUT2D eigenvalue weighted by molar-refractivity contribution is 7.90. The molecule has 0 aliphatic carbocycles. The van der Waals surface area contributed by atoms with Crippen LogP contribution in [0.2, 0.25) is 0 Å². The molecule has 0 saturated carbocycles. The van der Waals surface area contributed by atoms with Gasteiger partial charge in [0.25, 0.3) is 0 Å². The van der Waals surface area contributed by atoms with Crippen molar-refractivity contribution in [1.29, 1.82) is 0 Å². The maximum Gasteiger partial charge on any atom is 0.182 e. The average Bonchev–Trinajstić information content (AvgIpc) is 2.48. The molecule has 0 radical (unpaired) electrons. The van der Waals surface area contributed by atoms with Crippen LogP contribution in [0, 0.1) is 20.8 Å². The Balaban J connectivity index is 2.48. The molecule has 3 nitrogen and oxygen atoms in total. The maximum absolute atomic E-state index is 12.5. The normalized spacial score (nSPS) is 11.4. The summed E-state index contributed by atoms with van der Waals surface area (Å²) < 4.78 is 30.4. The predicted octanol–water partition coefficient (Wildman–Crippen LogP) is 3.59. The summed E-state index contributed by atoms with van der Waals surface area (Å²) in [6.07, 6.45) is 0. The summed E-state index contributed by atoms with van der Waals surface area (Å²) in [6, 6.07) is 10.5. The van der Waals surface area contributed by atoms with Crippen LogP contribution in [0.25, 0.3) is 0 Å². The Bertz CT molecular complexity index is 747. The van der Waals surface area contributed by atoms with Crippen LogP contribution >= 0.6 is 0 Å². The zero-order valence-corrected chi connectivity index (χ0v) is 13.6. The molecule has 112 valence electrons. The largest absolute Gasteiger partial charge is 0.496 e. The maximum atomic E-state index is 12.5. The molecule has 0 unspecified atom stereocenters. The molecule has 4 heteroatoms. The Morgan fingerprint density at radius 2 is 1.62 bits per heavy atom. The highest BCUT2D eigenvalue weighted by Crippen LogP contribution is 2.29. The van der Waals surface area contributed by atoms with Gasteiger partial charge < -0.3 is 4.74 Å². The van der Waals surface area contributed by atoms with Crippen LogP contribution in [0.3, 0.4) is 0 Å². The number of benzene rings is 2. The first-order chi connectivity index (χ1) is 9.86. The SMILES string of the molecule is COc1cc(C)c(CS(=O)(=O)c2ccccc2)c(C)c1C.